The molecule has 0 saturated heterocycles. The zero-order valence-corrected chi connectivity index (χ0v) is 9.02. The zero-order valence-electron chi connectivity index (χ0n) is 9.02. The number of hydrogen-bond donors (Lipinski definition) is 2. The summed E-state index contributed by atoms with van der Waals surface area (Å²) in [5.74, 6) is 0. The van der Waals surface area contributed by atoms with Crippen LogP contribution in [0.5, 0.6) is 0 Å². The summed E-state index contributed by atoms with van der Waals surface area (Å²) < 4.78 is 40.2. The maximum Gasteiger partial charge on any atom is 0.391 e. The van der Waals surface area contributed by atoms with Crippen molar-refractivity contribution in [2.75, 3.05) is 26.4 Å². The van der Waals surface area contributed by atoms with E-state index in [-0.39, 0.29) is 19.8 Å². The number of halogens is 3. The van der Waals surface area contributed by atoms with Crippen molar-refractivity contribution in [1.29, 1.82) is 0 Å². The Morgan fingerprint density at radius 2 is 1.93 bits per heavy atom. The molecule has 0 saturated carbocycles. The number of aliphatic hydroxyl groups is 1. The lowest BCUT2D eigenvalue weighted by Gasteiger charge is -2.28. The number of nitrogens with one attached hydrogen (secondary N) is 1. The van der Waals surface area contributed by atoms with Gasteiger partial charge in [-0.1, -0.05) is 6.92 Å². The molecule has 0 aromatic rings. The Hall–Kier alpha value is -0.330. The van der Waals surface area contributed by atoms with E-state index < -0.39 is 18.1 Å². The lowest BCUT2D eigenvalue weighted by atomic mass is 10.1. The number of aliphatic hydroxyl groups excluding tert-OH is 1. The van der Waals surface area contributed by atoms with Crippen LogP contribution in [0.1, 0.15) is 20.3 Å². The monoisotopic (exact) mass is 229 g/mol. The molecule has 0 radical (unpaired) electrons. The zero-order chi connectivity index (χ0) is 11.9. The van der Waals surface area contributed by atoms with Crippen molar-refractivity contribution >= 4 is 0 Å². The highest BCUT2D eigenvalue weighted by Crippen LogP contribution is 2.19. The molecule has 92 valence electrons. The van der Waals surface area contributed by atoms with Crippen molar-refractivity contribution in [3.05, 3.63) is 0 Å². The van der Waals surface area contributed by atoms with Crippen LogP contribution in [0.2, 0.25) is 0 Å². The fourth-order valence-electron chi connectivity index (χ4n) is 1.06. The van der Waals surface area contributed by atoms with E-state index in [2.05, 4.69) is 5.32 Å². The third-order valence-corrected chi connectivity index (χ3v) is 1.90. The van der Waals surface area contributed by atoms with E-state index in [9.17, 15) is 13.2 Å². The smallest absolute Gasteiger partial charge is 0.391 e. The molecule has 0 aliphatic carbocycles. The first kappa shape index (κ1) is 14.7. The summed E-state index contributed by atoms with van der Waals surface area (Å²) in [5, 5.41) is 12.0. The standard InChI is InChI=1S/C9H18F3NO2/c1-3-13-8(2,6-14)7-15-5-4-9(10,11)12/h13-14H,3-7H2,1-2H3. The van der Waals surface area contributed by atoms with Crippen molar-refractivity contribution in [2.24, 2.45) is 0 Å². The van der Waals surface area contributed by atoms with Gasteiger partial charge in [0.15, 0.2) is 0 Å². The van der Waals surface area contributed by atoms with E-state index in [1.54, 1.807) is 6.92 Å². The molecule has 0 spiro atoms. The molecule has 0 aromatic carbocycles. The Morgan fingerprint density at radius 3 is 2.33 bits per heavy atom. The minimum absolute atomic E-state index is 0.0629. The van der Waals surface area contributed by atoms with Crippen molar-refractivity contribution in [3.8, 4) is 0 Å². The Balaban J connectivity index is 3.73. The first-order valence-corrected chi connectivity index (χ1v) is 4.83. The van der Waals surface area contributed by atoms with E-state index in [1.165, 1.54) is 0 Å². The van der Waals surface area contributed by atoms with E-state index in [4.69, 9.17) is 9.84 Å². The maximum absolute atomic E-state index is 11.8. The summed E-state index contributed by atoms with van der Waals surface area (Å²) in [6.07, 6.45) is -5.14. The van der Waals surface area contributed by atoms with Gasteiger partial charge in [0.2, 0.25) is 0 Å². The van der Waals surface area contributed by atoms with Crippen LogP contribution in [0, 0.1) is 0 Å². The van der Waals surface area contributed by atoms with Gasteiger partial charge < -0.3 is 15.2 Å². The van der Waals surface area contributed by atoms with Gasteiger partial charge in [0.05, 0.1) is 31.8 Å². The molecule has 0 amide bonds. The van der Waals surface area contributed by atoms with Crippen LogP contribution in [-0.2, 0) is 4.74 Å². The van der Waals surface area contributed by atoms with Gasteiger partial charge in [-0.05, 0) is 13.5 Å². The second-order valence-electron chi connectivity index (χ2n) is 3.67. The first-order valence-electron chi connectivity index (χ1n) is 4.83. The van der Waals surface area contributed by atoms with Crippen LogP contribution in [0.15, 0.2) is 0 Å². The minimum atomic E-state index is -4.19. The molecule has 0 aliphatic rings. The van der Waals surface area contributed by atoms with Crippen molar-refractivity contribution in [1.82, 2.24) is 5.32 Å². The number of alkyl halides is 3. The lowest BCUT2D eigenvalue weighted by Crippen LogP contribution is -2.49. The number of likely N-dealkylation sites (N-methyl/N-ethyl adjacent to an activating group) is 1. The number of hydrogen-bond acceptors (Lipinski definition) is 3. The van der Waals surface area contributed by atoms with Gasteiger partial charge in [-0.2, -0.15) is 13.2 Å². The summed E-state index contributed by atoms with van der Waals surface area (Å²) in [7, 11) is 0. The Labute approximate surface area is 87.6 Å². The van der Waals surface area contributed by atoms with Crippen LogP contribution in [0.25, 0.3) is 0 Å². The molecule has 3 nitrogen and oxygen atoms in total. The van der Waals surface area contributed by atoms with Crippen LogP contribution >= 0.6 is 0 Å². The molecule has 0 heterocycles. The van der Waals surface area contributed by atoms with Crippen LogP contribution in [-0.4, -0.2) is 43.2 Å². The van der Waals surface area contributed by atoms with Crippen LogP contribution in [0.4, 0.5) is 13.2 Å². The molecule has 0 rings (SSSR count). The van der Waals surface area contributed by atoms with Gasteiger partial charge in [0.1, 0.15) is 0 Å². The third kappa shape index (κ3) is 7.58. The highest BCUT2D eigenvalue weighted by molar-refractivity contribution is 4.81. The molecule has 0 bridgehead atoms. The molecular formula is C9H18F3NO2. The summed E-state index contributed by atoms with van der Waals surface area (Å²) in [5.41, 5.74) is -0.666. The lowest BCUT2D eigenvalue weighted by molar-refractivity contribution is -0.147. The van der Waals surface area contributed by atoms with Gasteiger partial charge in [0.25, 0.3) is 0 Å². The quantitative estimate of drug-likeness (QED) is 0.647. The van der Waals surface area contributed by atoms with Crippen molar-refractivity contribution in [3.63, 3.8) is 0 Å². The van der Waals surface area contributed by atoms with E-state index in [0.717, 1.165) is 0 Å². The van der Waals surface area contributed by atoms with E-state index >= 15 is 0 Å². The second-order valence-corrected chi connectivity index (χ2v) is 3.67. The molecule has 1 unspecified atom stereocenters. The summed E-state index contributed by atoms with van der Waals surface area (Å²) in [6, 6.07) is 0. The largest absolute Gasteiger partial charge is 0.394 e. The van der Waals surface area contributed by atoms with Gasteiger partial charge in [-0.15, -0.1) is 0 Å². The molecule has 15 heavy (non-hydrogen) atoms. The van der Waals surface area contributed by atoms with Gasteiger partial charge in [-0.25, -0.2) is 0 Å². The predicted octanol–water partition coefficient (Wildman–Crippen LogP) is 1.32. The highest BCUT2D eigenvalue weighted by Gasteiger charge is 2.28. The summed E-state index contributed by atoms with van der Waals surface area (Å²) in [6.45, 7) is 3.69. The van der Waals surface area contributed by atoms with Crippen molar-refractivity contribution < 1.29 is 23.0 Å². The SMILES string of the molecule is CCNC(C)(CO)COCCC(F)(F)F. The van der Waals surface area contributed by atoms with Gasteiger partial charge in [-0.3, -0.25) is 0 Å². The topological polar surface area (TPSA) is 41.5 Å². The maximum atomic E-state index is 11.8. The summed E-state index contributed by atoms with van der Waals surface area (Å²) >= 11 is 0. The fraction of sp³-hybridized carbons (Fsp3) is 1.00. The van der Waals surface area contributed by atoms with Crippen molar-refractivity contribution in [2.45, 2.75) is 32.0 Å². The number of rotatable bonds is 7. The molecular weight excluding hydrogens is 211 g/mol. The minimum Gasteiger partial charge on any atom is -0.394 e. The third-order valence-electron chi connectivity index (χ3n) is 1.90. The molecule has 1 atom stereocenters. The second kappa shape index (κ2) is 6.30. The average molecular weight is 229 g/mol. The molecule has 0 aromatic heterocycles. The molecule has 0 fully saturated rings. The Bertz CT molecular complexity index is 175. The first-order chi connectivity index (χ1) is 6.83. The average Bonchev–Trinajstić information content (AvgIpc) is 2.12. The van der Waals surface area contributed by atoms with Gasteiger partial charge >= 0.3 is 6.18 Å². The molecule has 0 aliphatic heterocycles. The normalized spacial score (nSPS) is 16.4. The predicted molar refractivity (Wildman–Crippen MR) is 50.7 cm³/mol. The van der Waals surface area contributed by atoms with E-state index in [0.29, 0.717) is 6.54 Å². The summed E-state index contributed by atoms with van der Waals surface area (Å²) in [4.78, 5) is 0. The Morgan fingerprint density at radius 1 is 1.33 bits per heavy atom. The molecule has 2 N–H and O–H groups in total. The van der Waals surface area contributed by atoms with Gasteiger partial charge in [0, 0.05) is 0 Å². The van der Waals surface area contributed by atoms with Crippen LogP contribution < -0.4 is 5.32 Å². The highest BCUT2D eigenvalue weighted by atomic mass is 19.4. The van der Waals surface area contributed by atoms with E-state index in [1.807, 2.05) is 6.92 Å². The Kier molecular flexibility index (Phi) is 6.16. The van der Waals surface area contributed by atoms with Crippen LogP contribution in [0.3, 0.4) is 0 Å². The number of ether oxygens (including phenoxy) is 1. The molecule has 6 heteroatoms. The fourth-order valence-corrected chi connectivity index (χ4v) is 1.06.